The molecule has 0 saturated carbocycles. The van der Waals surface area contributed by atoms with Gasteiger partial charge < -0.3 is 14.8 Å². The molecule has 0 radical (unpaired) electrons. The first kappa shape index (κ1) is 24.1. The smallest absolute Gasteiger partial charge is 0.247 e. The van der Waals surface area contributed by atoms with Crippen molar-refractivity contribution in [3.63, 3.8) is 0 Å². The summed E-state index contributed by atoms with van der Waals surface area (Å²) in [6, 6.07) is 21.8. The van der Waals surface area contributed by atoms with E-state index in [1.54, 1.807) is 55.5 Å². The molecule has 0 bridgehead atoms. The van der Waals surface area contributed by atoms with Gasteiger partial charge in [-0.3, -0.25) is 9.10 Å². The number of ether oxygens (including phenoxy) is 2. The molecule has 33 heavy (non-hydrogen) atoms. The van der Waals surface area contributed by atoms with Gasteiger partial charge in [-0.25, -0.2) is 8.42 Å². The van der Waals surface area contributed by atoms with Gasteiger partial charge in [-0.2, -0.15) is 0 Å². The quantitative estimate of drug-likeness (QED) is 0.475. The number of amides is 1. The van der Waals surface area contributed by atoms with E-state index in [9.17, 15) is 13.2 Å². The molecule has 0 spiro atoms. The first-order chi connectivity index (χ1) is 15.6. The molecule has 0 aliphatic rings. The monoisotopic (exact) mass is 468 g/mol. The summed E-state index contributed by atoms with van der Waals surface area (Å²) in [5, 5.41) is 2.76. The molecule has 1 N–H and O–H groups in total. The standard InChI is InChI=1S/C25H28N2O5S/c1-18(2)31-23-14-10-20(11-15-23)26-25(28)19(3)27(33(4,29)30)21-12-16-24(17-13-21)32-22-8-6-5-7-9-22/h5-19H,1-4H3,(H,26,28)/t19-/m1/s1. The molecular formula is C25H28N2O5S. The zero-order valence-electron chi connectivity index (χ0n) is 19.1. The van der Waals surface area contributed by atoms with Crippen molar-refractivity contribution in [2.45, 2.75) is 32.9 Å². The Bertz CT molecular complexity index is 1160. The Balaban J connectivity index is 1.74. The van der Waals surface area contributed by atoms with E-state index in [0.717, 1.165) is 10.6 Å². The van der Waals surface area contributed by atoms with E-state index in [4.69, 9.17) is 9.47 Å². The number of rotatable bonds is 9. The van der Waals surface area contributed by atoms with Crippen LogP contribution in [0.15, 0.2) is 78.9 Å². The number of anilines is 2. The van der Waals surface area contributed by atoms with Crippen LogP contribution in [0, 0.1) is 0 Å². The average Bonchev–Trinajstić information content (AvgIpc) is 2.76. The number of carbonyl (C=O) groups excluding carboxylic acids is 1. The molecule has 1 amide bonds. The normalized spacial score (nSPS) is 12.2. The summed E-state index contributed by atoms with van der Waals surface area (Å²) < 4.78 is 37.6. The van der Waals surface area contributed by atoms with Crippen molar-refractivity contribution in [2.24, 2.45) is 0 Å². The molecule has 0 heterocycles. The van der Waals surface area contributed by atoms with Crippen molar-refractivity contribution in [1.29, 1.82) is 0 Å². The van der Waals surface area contributed by atoms with Gasteiger partial charge in [0, 0.05) is 5.69 Å². The first-order valence-electron chi connectivity index (χ1n) is 10.5. The topological polar surface area (TPSA) is 84.9 Å². The molecule has 7 nitrogen and oxygen atoms in total. The average molecular weight is 469 g/mol. The molecule has 0 saturated heterocycles. The lowest BCUT2D eigenvalue weighted by molar-refractivity contribution is -0.116. The zero-order chi connectivity index (χ0) is 24.0. The van der Waals surface area contributed by atoms with Crippen LogP contribution >= 0.6 is 0 Å². The van der Waals surface area contributed by atoms with Gasteiger partial charge in [-0.1, -0.05) is 18.2 Å². The van der Waals surface area contributed by atoms with E-state index in [0.29, 0.717) is 28.6 Å². The third kappa shape index (κ3) is 6.73. The Hall–Kier alpha value is -3.52. The Labute approximate surface area is 195 Å². The Morgan fingerprint density at radius 3 is 1.91 bits per heavy atom. The molecule has 174 valence electrons. The molecule has 3 aromatic rings. The third-order valence-corrected chi connectivity index (χ3v) is 5.89. The summed E-state index contributed by atoms with van der Waals surface area (Å²) in [4.78, 5) is 12.9. The van der Waals surface area contributed by atoms with E-state index in [1.807, 2.05) is 44.2 Å². The number of nitrogens with one attached hydrogen (secondary N) is 1. The third-order valence-electron chi connectivity index (χ3n) is 4.65. The molecule has 3 rings (SSSR count). The van der Waals surface area contributed by atoms with Gasteiger partial charge in [-0.05, 0) is 81.4 Å². The molecular weight excluding hydrogens is 440 g/mol. The van der Waals surface area contributed by atoms with Crippen LogP contribution in [0.25, 0.3) is 0 Å². The highest BCUT2D eigenvalue weighted by molar-refractivity contribution is 7.92. The van der Waals surface area contributed by atoms with Crippen molar-refractivity contribution < 1.29 is 22.7 Å². The number of sulfonamides is 1. The van der Waals surface area contributed by atoms with Crippen molar-refractivity contribution >= 4 is 27.3 Å². The van der Waals surface area contributed by atoms with Gasteiger partial charge in [0.2, 0.25) is 15.9 Å². The lowest BCUT2D eigenvalue weighted by Crippen LogP contribution is -2.45. The maximum atomic E-state index is 12.9. The molecule has 0 fully saturated rings. The van der Waals surface area contributed by atoms with Crippen LogP contribution in [0.2, 0.25) is 0 Å². The Morgan fingerprint density at radius 1 is 0.818 bits per heavy atom. The fraction of sp³-hybridized carbons (Fsp3) is 0.240. The van der Waals surface area contributed by atoms with Gasteiger partial charge in [-0.15, -0.1) is 0 Å². The molecule has 3 aromatic carbocycles. The van der Waals surface area contributed by atoms with Gasteiger partial charge >= 0.3 is 0 Å². The van der Waals surface area contributed by atoms with Gasteiger partial charge in [0.15, 0.2) is 0 Å². The van der Waals surface area contributed by atoms with E-state index < -0.39 is 22.0 Å². The number of hydrogen-bond donors (Lipinski definition) is 1. The minimum absolute atomic E-state index is 0.0401. The van der Waals surface area contributed by atoms with Crippen LogP contribution in [-0.2, 0) is 14.8 Å². The highest BCUT2D eigenvalue weighted by Crippen LogP contribution is 2.27. The van der Waals surface area contributed by atoms with Crippen molar-refractivity contribution in [1.82, 2.24) is 0 Å². The molecule has 8 heteroatoms. The fourth-order valence-electron chi connectivity index (χ4n) is 3.23. The second-order valence-corrected chi connectivity index (χ2v) is 9.68. The molecule has 0 aliphatic carbocycles. The highest BCUT2D eigenvalue weighted by atomic mass is 32.2. The fourth-order valence-corrected chi connectivity index (χ4v) is 4.41. The van der Waals surface area contributed by atoms with E-state index in [2.05, 4.69) is 5.32 Å². The maximum absolute atomic E-state index is 12.9. The van der Waals surface area contributed by atoms with E-state index in [1.165, 1.54) is 0 Å². The van der Waals surface area contributed by atoms with E-state index >= 15 is 0 Å². The number of nitrogens with zero attached hydrogens (tertiary/aromatic N) is 1. The second kappa shape index (κ2) is 10.4. The first-order valence-corrected chi connectivity index (χ1v) is 12.4. The molecule has 0 aromatic heterocycles. The number of carbonyl (C=O) groups is 1. The largest absolute Gasteiger partial charge is 0.491 e. The summed E-state index contributed by atoms with van der Waals surface area (Å²) in [5.41, 5.74) is 0.907. The summed E-state index contributed by atoms with van der Waals surface area (Å²) in [5.74, 6) is 1.45. The van der Waals surface area contributed by atoms with Crippen LogP contribution in [-0.4, -0.2) is 32.7 Å². The zero-order valence-corrected chi connectivity index (χ0v) is 19.9. The highest BCUT2D eigenvalue weighted by Gasteiger charge is 2.29. The summed E-state index contributed by atoms with van der Waals surface area (Å²) in [6.07, 6.45) is 1.11. The number of hydrogen-bond acceptors (Lipinski definition) is 5. The van der Waals surface area contributed by atoms with Crippen molar-refractivity contribution in [3.8, 4) is 17.2 Å². The maximum Gasteiger partial charge on any atom is 0.247 e. The predicted molar refractivity (Wildman–Crippen MR) is 131 cm³/mol. The SMILES string of the molecule is CC(C)Oc1ccc(NC(=O)[C@@H](C)N(c2ccc(Oc3ccccc3)cc2)S(C)(=O)=O)cc1. The molecule has 1 atom stereocenters. The van der Waals surface area contributed by atoms with Crippen molar-refractivity contribution in [2.75, 3.05) is 15.9 Å². The van der Waals surface area contributed by atoms with Crippen LogP contribution in [0.5, 0.6) is 17.2 Å². The van der Waals surface area contributed by atoms with Gasteiger partial charge in [0.25, 0.3) is 0 Å². The van der Waals surface area contributed by atoms with Gasteiger partial charge in [0.05, 0.1) is 18.0 Å². The van der Waals surface area contributed by atoms with Crippen LogP contribution in [0.3, 0.4) is 0 Å². The van der Waals surface area contributed by atoms with Crippen LogP contribution in [0.1, 0.15) is 20.8 Å². The van der Waals surface area contributed by atoms with Crippen molar-refractivity contribution in [3.05, 3.63) is 78.9 Å². The Kier molecular flexibility index (Phi) is 7.60. The summed E-state index contributed by atoms with van der Waals surface area (Å²) in [6.45, 7) is 5.40. The molecule has 0 unspecified atom stereocenters. The van der Waals surface area contributed by atoms with Crippen LogP contribution in [0.4, 0.5) is 11.4 Å². The molecule has 0 aliphatic heterocycles. The summed E-state index contributed by atoms with van der Waals surface area (Å²) in [7, 11) is -3.73. The lowest BCUT2D eigenvalue weighted by Gasteiger charge is -2.28. The predicted octanol–water partition coefficient (Wildman–Crippen LogP) is 5.06. The van der Waals surface area contributed by atoms with Gasteiger partial charge in [0.1, 0.15) is 23.3 Å². The van der Waals surface area contributed by atoms with Crippen LogP contribution < -0.4 is 19.1 Å². The lowest BCUT2D eigenvalue weighted by atomic mass is 10.2. The Morgan fingerprint density at radius 2 is 1.36 bits per heavy atom. The minimum atomic E-state index is -3.73. The minimum Gasteiger partial charge on any atom is -0.491 e. The number of para-hydroxylation sites is 1. The summed E-state index contributed by atoms with van der Waals surface area (Å²) >= 11 is 0. The number of benzene rings is 3. The van der Waals surface area contributed by atoms with E-state index in [-0.39, 0.29) is 6.10 Å². The second-order valence-electron chi connectivity index (χ2n) is 7.82.